The van der Waals surface area contributed by atoms with E-state index in [9.17, 15) is 9.59 Å². The standard InChI is InChI=1S/C32H23BrN2O2/c1-19-8-2-7-13-26(19)34-18-32-24-11-5-3-9-22(24)27(23-10-4-6-12-25(23)32)28-29(32)31(37)35(30(28)36)21-16-14-20(33)15-17-21/h2-18,27-29H,1H3. The molecular weight excluding hydrogens is 524 g/mol. The quantitative estimate of drug-likeness (QED) is 0.212. The van der Waals surface area contributed by atoms with Gasteiger partial charge in [0.1, 0.15) is 0 Å². The molecule has 2 unspecified atom stereocenters. The number of aryl methyl sites for hydroxylation is 1. The summed E-state index contributed by atoms with van der Waals surface area (Å²) in [6.45, 7) is 2.03. The van der Waals surface area contributed by atoms with Gasteiger partial charge in [-0.15, -0.1) is 0 Å². The van der Waals surface area contributed by atoms with Crippen LogP contribution < -0.4 is 4.90 Å². The first-order chi connectivity index (χ1) is 18.0. The molecule has 0 saturated carbocycles. The summed E-state index contributed by atoms with van der Waals surface area (Å²) in [7, 11) is 0. The zero-order valence-electron chi connectivity index (χ0n) is 20.1. The van der Waals surface area contributed by atoms with Gasteiger partial charge in [-0.3, -0.25) is 14.6 Å². The highest BCUT2D eigenvalue weighted by molar-refractivity contribution is 9.10. The number of imide groups is 1. The number of hydrogen-bond donors (Lipinski definition) is 0. The molecule has 4 aliphatic rings. The number of benzene rings is 4. The van der Waals surface area contributed by atoms with Crippen molar-refractivity contribution in [2.45, 2.75) is 18.3 Å². The lowest BCUT2D eigenvalue weighted by Gasteiger charge is -2.52. The smallest absolute Gasteiger partial charge is 0.239 e. The van der Waals surface area contributed by atoms with Crippen molar-refractivity contribution in [2.24, 2.45) is 16.8 Å². The molecule has 0 N–H and O–H groups in total. The molecule has 5 heteroatoms. The molecule has 1 saturated heterocycles. The zero-order valence-corrected chi connectivity index (χ0v) is 21.7. The maximum atomic E-state index is 14.4. The van der Waals surface area contributed by atoms with E-state index < -0.39 is 17.3 Å². The first kappa shape index (κ1) is 22.4. The van der Waals surface area contributed by atoms with E-state index in [1.807, 2.05) is 85.9 Å². The summed E-state index contributed by atoms with van der Waals surface area (Å²) < 4.78 is 0.898. The molecule has 4 aromatic rings. The fraction of sp³-hybridized carbons (Fsp3) is 0.156. The highest BCUT2D eigenvalue weighted by Gasteiger charge is 2.67. The highest BCUT2D eigenvalue weighted by Crippen LogP contribution is 2.63. The Morgan fingerprint density at radius 2 is 1.38 bits per heavy atom. The highest BCUT2D eigenvalue weighted by atomic mass is 79.9. The average molecular weight is 547 g/mol. The second-order valence-electron chi connectivity index (χ2n) is 10.1. The largest absolute Gasteiger partial charge is 0.274 e. The minimum atomic E-state index is -0.855. The minimum absolute atomic E-state index is 0.139. The molecule has 0 spiro atoms. The summed E-state index contributed by atoms with van der Waals surface area (Å²) in [5.41, 5.74) is 6.01. The third-order valence-corrected chi connectivity index (χ3v) is 8.82. The maximum Gasteiger partial charge on any atom is 0.239 e. The first-order valence-corrected chi connectivity index (χ1v) is 13.2. The molecule has 0 radical (unpaired) electrons. The molecule has 2 bridgehead atoms. The van der Waals surface area contributed by atoms with E-state index in [0.29, 0.717) is 5.69 Å². The summed E-state index contributed by atoms with van der Waals surface area (Å²) in [4.78, 5) is 34.9. The first-order valence-electron chi connectivity index (χ1n) is 12.5. The summed E-state index contributed by atoms with van der Waals surface area (Å²) >= 11 is 3.46. The Bertz CT molecular complexity index is 1580. The molecule has 1 fully saturated rings. The van der Waals surface area contributed by atoms with Gasteiger partial charge in [-0.1, -0.05) is 82.7 Å². The Morgan fingerprint density at radius 3 is 2.03 bits per heavy atom. The van der Waals surface area contributed by atoms with Crippen LogP contribution in [0.15, 0.2) is 107 Å². The van der Waals surface area contributed by atoms with E-state index in [4.69, 9.17) is 4.99 Å². The lowest BCUT2D eigenvalue weighted by atomic mass is 9.47. The van der Waals surface area contributed by atoms with Crippen molar-refractivity contribution in [1.29, 1.82) is 0 Å². The molecule has 1 aliphatic heterocycles. The van der Waals surface area contributed by atoms with E-state index in [0.717, 1.165) is 38.0 Å². The molecule has 3 aliphatic carbocycles. The Labute approximate surface area is 223 Å². The second kappa shape index (κ2) is 8.09. The Morgan fingerprint density at radius 1 is 0.784 bits per heavy atom. The Hall–Kier alpha value is -3.83. The average Bonchev–Trinajstić information content (AvgIpc) is 3.20. The molecule has 37 heavy (non-hydrogen) atoms. The van der Waals surface area contributed by atoms with Crippen LogP contribution in [0.4, 0.5) is 11.4 Å². The summed E-state index contributed by atoms with van der Waals surface area (Å²) in [5.74, 6) is -1.55. The molecule has 4 aromatic carbocycles. The van der Waals surface area contributed by atoms with E-state index in [2.05, 4.69) is 40.2 Å². The van der Waals surface area contributed by atoms with Gasteiger partial charge in [0.15, 0.2) is 0 Å². The number of hydrogen-bond acceptors (Lipinski definition) is 3. The Balaban J connectivity index is 1.51. The fourth-order valence-electron chi connectivity index (χ4n) is 6.77. The van der Waals surface area contributed by atoms with Gasteiger partial charge in [-0.25, -0.2) is 4.90 Å². The molecule has 180 valence electrons. The molecule has 2 amide bonds. The van der Waals surface area contributed by atoms with Crippen LogP contribution in [0, 0.1) is 18.8 Å². The third kappa shape index (κ3) is 2.98. The molecule has 8 rings (SSSR count). The van der Waals surface area contributed by atoms with Gasteiger partial charge in [-0.05, 0) is 65.1 Å². The van der Waals surface area contributed by atoms with Crippen molar-refractivity contribution in [2.75, 3.05) is 4.90 Å². The van der Waals surface area contributed by atoms with Crippen molar-refractivity contribution in [1.82, 2.24) is 0 Å². The van der Waals surface area contributed by atoms with Crippen molar-refractivity contribution in [3.63, 3.8) is 0 Å². The number of carbonyl (C=O) groups excluding carboxylic acids is 2. The van der Waals surface area contributed by atoms with E-state index in [-0.39, 0.29) is 17.7 Å². The summed E-state index contributed by atoms with van der Waals surface area (Å²) in [6.07, 6.45) is 1.95. The maximum absolute atomic E-state index is 14.4. The van der Waals surface area contributed by atoms with E-state index in [1.54, 1.807) is 0 Å². The van der Waals surface area contributed by atoms with Gasteiger partial charge in [0.2, 0.25) is 11.8 Å². The van der Waals surface area contributed by atoms with Gasteiger partial charge >= 0.3 is 0 Å². The molecule has 2 atom stereocenters. The number of rotatable bonds is 3. The Kier molecular flexibility index (Phi) is 4.89. The SMILES string of the molecule is Cc1ccccc1N=CC12c3ccccc3C(c3ccccc31)C1C(=O)N(c3ccc(Br)cc3)C(=O)C12. The second-order valence-corrected chi connectivity index (χ2v) is 11.0. The predicted molar refractivity (Wildman–Crippen MR) is 148 cm³/mol. The van der Waals surface area contributed by atoms with Crippen LogP contribution in [-0.4, -0.2) is 18.0 Å². The number of amides is 2. The van der Waals surface area contributed by atoms with Crippen LogP contribution in [0.3, 0.4) is 0 Å². The van der Waals surface area contributed by atoms with Crippen LogP contribution in [0.5, 0.6) is 0 Å². The third-order valence-electron chi connectivity index (χ3n) is 8.29. The van der Waals surface area contributed by atoms with E-state index >= 15 is 0 Å². The van der Waals surface area contributed by atoms with Crippen molar-refractivity contribution < 1.29 is 9.59 Å². The van der Waals surface area contributed by atoms with Gasteiger partial charge in [0.25, 0.3) is 0 Å². The van der Waals surface area contributed by atoms with Crippen molar-refractivity contribution in [3.8, 4) is 0 Å². The van der Waals surface area contributed by atoms with Crippen LogP contribution in [0.1, 0.15) is 33.7 Å². The van der Waals surface area contributed by atoms with Crippen LogP contribution in [0.25, 0.3) is 0 Å². The van der Waals surface area contributed by atoms with Crippen molar-refractivity contribution >= 4 is 45.3 Å². The number of para-hydroxylation sites is 1. The van der Waals surface area contributed by atoms with E-state index in [1.165, 1.54) is 4.90 Å². The topological polar surface area (TPSA) is 49.7 Å². The van der Waals surface area contributed by atoms with Gasteiger partial charge in [0, 0.05) is 16.6 Å². The fourth-order valence-corrected chi connectivity index (χ4v) is 7.04. The summed E-state index contributed by atoms with van der Waals surface area (Å²) in [6, 6.07) is 31.9. The summed E-state index contributed by atoms with van der Waals surface area (Å²) in [5, 5.41) is 0. The number of aliphatic imine (C=N–C) groups is 1. The monoisotopic (exact) mass is 546 g/mol. The van der Waals surface area contributed by atoms with Gasteiger partial charge in [-0.2, -0.15) is 0 Å². The number of halogens is 1. The number of anilines is 1. The lowest BCUT2D eigenvalue weighted by molar-refractivity contribution is -0.122. The van der Waals surface area contributed by atoms with Crippen molar-refractivity contribution in [3.05, 3.63) is 129 Å². The minimum Gasteiger partial charge on any atom is -0.274 e. The number of carbonyl (C=O) groups is 2. The molecule has 1 heterocycles. The molecular formula is C32H23BrN2O2. The van der Waals surface area contributed by atoms with Crippen LogP contribution >= 0.6 is 15.9 Å². The normalized spacial score (nSPS) is 25.4. The predicted octanol–water partition coefficient (Wildman–Crippen LogP) is 6.71. The van der Waals surface area contributed by atoms with Gasteiger partial charge in [0.05, 0.1) is 28.6 Å². The van der Waals surface area contributed by atoms with Crippen LogP contribution in [-0.2, 0) is 15.0 Å². The lowest BCUT2D eigenvalue weighted by Crippen LogP contribution is -2.54. The zero-order chi connectivity index (χ0) is 25.3. The molecule has 4 nitrogen and oxygen atoms in total. The number of nitrogens with zero attached hydrogens (tertiary/aromatic N) is 2. The molecule has 0 aromatic heterocycles. The van der Waals surface area contributed by atoms with Crippen LogP contribution in [0.2, 0.25) is 0 Å². The van der Waals surface area contributed by atoms with Gasteiger partial charge < -0.3 is 0 Å².